The molecule has 27 heavy (non-hydrogen) atoms. The second-order valence-electron chi connectivity index (χ2n) is 5.94. The fraction of sp³-hybridized carbons (Fsp3) is 0.150. The van der Waals surface area contributed by atoms with Gasteiger partial charge in [0.15, 0.2) is 5.78 Å². The van der Waals surface area contributed by atoms with E-state index in [4.69, 9.17) is 0 Å². The topological polar surface area (TPSA) is 56.9 Å². The molecule has 1 aromatic carbocycles. The van der Waals surface area contributed by atoms with Gasteiger partial charge in [-0.15, -0.1) is 0 Å². The van der Waals surface area contributed by atoms with Gasteiger partial charge in [-0.05, 0) is 17.2 Å². The van der Waals surface area contributed by atoms with Crippen molar-refractivity contribution in [3.63, 3.8) is 0 Å². The van der Waals surface area contributed by atoms with Gasteiger partial charge in [-0.2, -0.15) is 5.10 Å². The van der Waals surface area contributed by atoms with E-state index in [1.165, 1.54) is 22.9 Å². The van der Waals surface area contributed by atoms with Gasteiger partial charge in [0, 0.05) is 12.3 Å². The Balaban J connectivity index is 1.91. The molecule has 0 N–H and O–H groups in total. The maximum Gasteiger partial charge on any atom is 0.280 e. The number of hydrogen-bond donors (Lipinski definition) is 0. The normalized spacial score (nSPS) is 10.9. The van der Waals surface area contributed by atoms with E-state index in [9.17, 15) is 18.4 Å². The molecule has 0 spiro atoms. The standard InChI is InChI=1S/C20H17F2N3O2/c1-2-14-8-9-18(27)24(11-14)13-17(26)16-10-23-25(19(16)20(21)22)12-15-6-4-3-5-7-15/h2-11,20H,1,12-13H2. The molecule has 7 heteroatoms. The van der Waals surface area contributed by atoms with Crippen LogP contribution in [-0.2, 0) is 13.1 Å². The molecule has 0 aliphatic heterocycles. The summed E-state index contributed by atoms with van der Waals surface area (Å²) in [6.45, 7) is 3.38. The Morgan fingerprint density at radius 3 is 2.59 bits per heavy atom. The second-order valence-corrected chi connectivity index (χ2v) is 5.94. The number of pyridine rings is 1. The minimum atomic E-state index is -2.87. The molecule has 3 aromatic rings. The number of carbonyl (C=O) groups excluding carboxylic acids is 1. The van der Waals surface area contributed by atoms with E-state index in [1.54, 1.807) is 30.3 Å². The fourth-order valence-electron chi connectivity index (χ4n) is 2.76. The fourth-order valence-corrected chi connectivity index (χ4v) is 2.76. The molecule has 138 valence electrons. The molecule has 0 radical (unpaired) electrons. The Hall–Kier alpha value is -3.35. The molecule has 0 aliphatic carbocycles. The first-order valence-corrected chi connectivity index (χ1v) is 8.23. The van der Waals surface area contributed by atoms with Crippen molar-refractivity contribution in [2.75, 3.05) is 0 Å². The number of rotatable bonds is 7. The van der Waals surface area contributed by atoms with Crippen molar-refractivity contribution < 1.29 is 13.6 Å². The van der Waals surface area contributed by atoms with E-state index in [2.05, 4.69) is 11.7 Å². The molecule has 0 fully saturated rings. The summed E-state index contributed by atoms with van der Waals surface area (Å²) in [6, 6.07) is 11.9. The predicted molar refractivity (Wildman–Crippen MR) is 97.9 cm³/mol. The van der Waals surface area contributed by atoms with Gasteiger partial charge in [0.2, 0.25) is 0 Å². The van der Waals surface area contributed by atoms with Gasteiger partial charge in [0.1, 0.15) is 5.69 Å². The summed E-state index contributed by atoms with van der Waals surface area (Å²) in [7, 11) is 0. The Morgan fingerprint density at radius 1 is 1.19 bits per heavy atom. The first kappa shape index (κ1) is 18.4. The molecule has 0 unspecified atom stereocenters. The van der Waals surface area contributed by atoms with Crippen LogP contribution in [0.2, 0.25) is 0 Å². The summed E-state index contributed by atoms with van der Waals surface area (Å²) >= 11 is 0. The van der Waals surface area contributed by atoms with Crippen molar-refractivity contribution in [2.45, 2.75) is 19.5 Å². The SMILES string of the molecule is C=Cc1ccc(=O)n(CC(=O)c2cnn(Cc3ccccc3)c2C(F)F)c1. The van der Waals surface area contributed by atoms with Gasteiger partial charge in [0.25, 0.3) is 12.0 Å². The van der Waals surface area contributed by atoms with Gasteiger partial charge in [-0.25, -0.2) is 8.78 Å². The van der Waals surface area contributed by atoms with E-state index in [0.717, 1.165) is 16.4 Å². The summed E-state index contributed by atoms with van der Waals surface area (Å²) in [4.78, 5) is 24.5. The van der Waals surface area contributed by atoms with E-state index >= 15 is 0 Å². The number of benzene rings is 1. The minimum Gasteiger partial charge on any atom is -0.307 e. The van der Waals surface area contributed by atoms with Crippen molar-refractivity contribution >= 4 is 11.9 Å². The number of hydrogen-bond acceptors (Lipinski definition) is 3. The van der Waals surface area contributed by atoms with E-state index in [0.29, 0.717) is 5.56 Å². The van der Waals surface area contributed by atoms with Crippen LogP contribution in [0.3, 0.4) is 0 Å². The average Bonchev–Trinajstić information content (AvgIpc) is 3.08. The zero-order chi connectivity index (χ0) is 19.4. The Morgan fingerprint density at radius 2 is 1.93 bits per heavy atom. The van der Waals surface area contributed by atoms with Gasteiger partial charge in [0.05, 0.1) is 24.8 Å². The molecule has 0 saturated carbocycles. The van der Waals surface area contributed by atoms with Crippen molar-refractivity contribution in [2.24, 2.45) is 0 Å². The maximum absolute atomic E-state index is 13.6. The molecule has 0 aliphatic rings. The van der Waals surface area contributed by atoms with Crippen LogP contribution < -0.4 is 5.56 Å². The van der Waals surface area contributed by atoms with Crippen LogP contribution in [0.1, 0.15) is 33.6 Å². The lowest BCUT2D eigenvalue weighted by Gasteiger charge is -2.10. The number of ketones is 1. The zero-order valence-electron chi connectivity index (χ0n) is 14.4. The molecular formula is C20H17F2N3O2. The Kier molecular flexibility index (Phi) is 5.40. The lowest BCUT2D eigenvalue weighted by atomic mass is 10.1. The van der Waals surface area contributed by atoms with Crippen LogP contribution in [0.4, 0.5) is 8.78 Å². The molecule has 3 rings (SSSR count). The molecule has 0 atom stereocenters. The van der Waals surface area contributed by atoms with Crippen LogP contribution in [0.15, 0.2) is 66.2 Å². The largest absolute Gasteiger partial charge is 0.307 e. The first-order valence-electron chi connectivity index (χ1n) is 8.23. The Bertz CT molecular complexity index is 1020. The molecule has 0 saturated heterocycles. The quantitative estimate of drug-likeness (QED) is 0.599. The van der Waals surface area contributed by atoms with Crippen LogP contribution >= 0.6 is 0 Å². The maximum atomic E-state index is 13.6. The number of alkyl halides is 2. The van der Waals surface area contributed by atoms with Crippen LogP contribution in [0.25, 0.3) is 6.08 Å². The van der Waals surface area contributed by atoms with Gasteiger partial charge < -0.3 is 4.57 Å². The molecule has 2 aromatic heterocycles. The van der Waals surface area contributed by atoms with Crippen molar-refractivity contribution in [1.82, 2.24) is 14.3 Å². The number of carbonyl (C=O) groups is 1. The number of nitrogens with zero attached hydrogens (tertiary/aromatic N) is 3. The van der Waals surface area contributed by atoms with Gasteiger partial charge in [-0.1, -0.05) is 43.0 Å². The van der Waals surface area contributed by atoms with Crippen LogP contribution in [0.5, 0.6) is 0 Å². The average molecular weight is 369 g/mol. The van der Waals surface area contributed by atoms with Gasteiger partial charge >= 0.3 is 0 Å². The second kappa shape index (κ2) is 7.90. The highest BCUT2D eigenvalue weighted by Crippen LogP contribution is 2.24. The third-order valence-corrected chi connectivity index (χ3v) is 4.12. The van der Waals surface area contributed by atoms with Crippen molar-refractivity contribution in [1.29, 1.82) is 0 Å². The molecular weight excluding hydrogens is 352 g/mol. The molecule has 5 nitrogen and oxygen atoms in total. The van der Waals surface area contributed by atoms with Crippen molar-refractivity contribution in [3.05, 3.63) is 94.2 Å². The van der Waals surface area contributed by atoms with Gasteiger partial charge in [-0.3, -0.25) is 14.3 Å². The monoisotopic (exact) mass is 369 g/mol. The highest BCUT2D eigenvalue weighted by atomic mass is 19.3. The minimum absolute atomic E-state index is 0.125. The molecule has 2 heterocycles. The number of halogens is 2. The van der Waals surface area contributed by atoms with Crippen LogP contribution in [-0.4, -0.2) is 20.1 Å². The first-order chi connectivity index (χ1) is 13.0. The lowest BCUT2D eigenvalue weighted by molar-refractivity contribution is 0.0953. The summed E-state index contributed by atoms with van der Waals surface area (Å²) < 4.78 is 29.5. The van der Waals surface area contributed by atoms with E-state index in [1.807, 2.05) is 6.07 Å². The summed E-state index contributed by atoms with van der Waals surface area (Å²) in [5, 5.41) is 3.96. The molecule has 0 bridgehead atoms. The lowest BCUT2D eigenvalue weighted by Crippen LogP contribution is -2.24. The summed E-state index contributed by atoms with van der Waals surface area (Å²) in [5.74, 6) is -0.604. The smallest absolute Gasteiger partial charge is 0.280 e. The third-order valence-electron chi connectivity index (χ3n) is 4.12. The number of Topliss-reactive ketones (excluding diaryl/α,β-unsaturated/α-hetero) is 1. The number of aromatic nitrogens is 3. The predicted octanol–water partition coefficient (Wildman–Crippen LogP) is 3.56. The zero-order valence-corrected chi connectivity index (χ0v) is 14.4. The van der Waals surface area contributed by atoms with E-state index in [-0.39, 0.29) is 18.7 Å². The van der Waals surface area contributed by atoms with E-state index < -0.39 is 23.5 Å². The van der Waals surface area contributed by atoms with Crippen molar-refractivity contribution in [3.8, 4) is 0 Å². The highest BCUT2D eigenvalue weighted by Gasteiger charge is 2.25. The Labute approximate surface area is 154 Å². The summed E-state index contributed by atoms with van der Waals surface area (Å²) in [5.41, 5.74) is 0.408. The third kappa shape index (κ3) is 4.08. The summed E-state index contributed by atoms with van der Waals surface area (Å²) in [6.07, 6.45) is 1.26. The molecule has 0 amide bonds. The highest BCUT2D eigenvalue weighted by molar-refractivity contribution is 5.96. The van der Waals surface area contributed by atoms with Crippen LogP contribution in [0, 0.1) is 0 Å².